The number of ether oxygens (including phenoxy) is 1. The molecule has 1 aromatic heterocycles. The first-order valence-electron chi connectivity index (χ1n) is 5.13. The lowest BCUT2D eigenvalue weighted by molar-refractivity contribution is 0.0286. The zero-order chi connectivity index (χ0) is 13.2. The lowest BCUT2D eigenvalue weighted by Crippen LogP contribution is -2.38. The van der Waals surface area contributed by atoms with Crippen LogP contribution in [0.25, 0.3) is 0 Å². The number of carbonyl (C=O) groups is 2. The first-order valence-corrected chi connectivity index (χ1v) is 6.01. The molecule has 0 unspecified atom stereocenters. The minimum atomic E-state index is -0.657. The molecule has 94 valence electrons. The maximum atomic E-state index is 11.9. The van der Waals surface area contributed by atoms with Gasteiger partial charge in [0.1, 0.15) is 10.5 Å². The van der Waals surface area contributed by atoms with Gasteiger partial charge in [-0.15, -0.1) is 11.3 Å². The number of hydrogen-bond donors (Lipinski definition) is 0. The van der Waals surface area contributed by atoms with Gasteiger partial charge in [0.05, 0.1) is 11.2 Å². The number of thiazole rings is 1. The molecule has 0 aliphatic carbocycles. The highest BCUT2D eigenvalue weighted by atomic mass is 32.1. The summed E-state index contributed by atoms with van der Waals surface area (Å²) >= 11 is 1.21. The minimum absolute atomic E-state index is 0.390. The largest absolute Gasteiger partial charge is 0.443 e. The predicted molar refractivity (Wildman–Crippen MR) is 65.2 cm³/mol. The van der Waals surface area contributed by atoms with E-state index in [1.807, 2.05) is 0 Å². The van der Waals surface area contributed by atoms with Crippen molar-refractivity contribution in [1.29, 1.82) is 0 Å². The van der Waals surface area contributed by atoms with Gasteiger partial charge in [0.2, 0.25) is 0 Å². The molecule has 6 heteroatoms. The summed E-state index contributed by atoms with van der Waals surface area (Å²) in [6.45, 7) is 6.98. The van der Waals surface area contributed by atoms with Gasteiger partial charge in [0, 0.05) is 7.05 Å². The van der Waals surface area contributed by atoms with Gasteiger partial charge >= 0.3 is 6.09 Å². The van der Waals surface area contributed by atoms with Crippen molar-refractivity contribution in [3.63, 3.8) is 0 Å². The van der Waals surface area contributed by atoms with Crippen LogP contribution in [0.1, 0.15) is 36.1 Å². The van der Waals surface area contributed by atoms with E-state index in [-0.39, 0.29) is 5.91 Å². The Morgan fingerprint density at radius 1 is 1.41 bits per heavy atom. The molecule has 1 heterocycles. The van der Waals surface area contributed by atoms with Crippen molar-refractivity contribution in [3.8, 4) is 0 Å². The highest BCUT2D eigenvalue weighted by Crippen LogP contribution is 2.16. The third-order valence-electron chi connectivity index (χ3n) is 1.91. The summed E-state index contributed by atoms with van der Waals surface area (Å²) < 4.78 is 5.11. The fourth-order valence-corrected chi connectivity index (χ4v) is 1.85. The molecule has 0 radical (unpaired) electrons. The van der Waals surface area contributed by atoms with Crippen LogP contribution in [0, 0.1) is 6.92 Å². The van der Waals surface area contributed by atoms with Gasteiger partial charge in [0.25, 0.3) is 5.91 Å². The van der Waals surface area contributed by atoms with Crippen LogP contribution in [0.2, 0.25) is 0 Å². The number of amides is 2. The number of aromatic nitrogens is 1. The Hall–Kier alpha value is -1.43. The standard InChI is InChI=1S/C11H16N2O3S/c1-7-8(17-6-12-7)9(14)13(5)10(15)16-11(2,3)4/h6H,1-5H3. The number of rotatable bonds is 1. The number of hydrogen-bond acceptors (Lipinski definition) is 5. The Morgan fingerprint density at radius 3 is 2.41 bits per heavy atom. The van der Waals surface area contributed by atoms with Crippen molar-refractivity contribution in [2.24, 2.45) is 0 Å². The smallest absolute Gasteiger partial charge is 0.417 e. The molecule has 1 rings (SSSR count). The summed E-state index contributed by atoms with van der Waals surface area (Å²) in [6, 6.07) is 0. The van der Waals surface area contributed by atoms with Gasteiger partial charge in [-0.25, -0.2) is 14.7 Å². The van der Waals surface area contributed by atoms with E-state index in [1.165, 1.54) is 18.4 Å². The molecule has 0 spiro atoms. The highest BCUT2D eigenvalue weighted by Gasteiger charge is 2.26. The summed E-state index contributed by atoms with van der Waals surface area (Å²) in [5.41, 5.74) is 1.58. The van der Waals surface area contributed by atoms with E-state index in [2.05, 4.69) is 4.98 Å². The average molecular weight is 256 g/mol. The molecule has 1 aromatic rings. The summed E-state index contributed by atoms with van der Waals surface area (Å²) in [5, 5.41) is 0. The van der Waals surface area contributed by atoms with E-state index >= 15 is 0 Å². The lowest BCUT2D eigenvalue weighted by Gasteiger charge is -2.23. The molecule has 5 nitrogen and oxygen atoms in total. The Morgan fingerprint density at radius 2 is 2.00 bits per heavy atom. The van der Waals surface area contributed by atoms with Gasteiger partial charge in [-0.3, -0.25) is 4.79 Å². The van der Waals surface area contributed by atoms with Gasteiger partial charge in [-0.1, -0.05) is 0 Å². The van der Waals surface area contributed by atoms with Crippen molar-refractivity contribution in [2.45, 2.75) is 33.3 Å². The quantitative estimate of drug-likeness (QED) is 0.774. The fourth-order valence-electron chi connectivity index (χ4n) is 1.07. The molecule has 0 aliphatic rings. The van der Waals surface area contributed by atoms with E-state index in [1.54, 1.807) is 33.2 Å². The number of imide groups is 1. The fraction of sp³-hybridized carbons (Fsp3) is 0.545. The summed E-state index contributed by atoms with van der Waals surface area (Å²) in [7, 11) is 1.40. The van der Waals surface area contributed by atoms with Crippen LogP contribution < -0.4 is 0 Å². The molecular weight excluding hydrogens is 240 g/mol. The van der Waals surface area contributed by atoms with Gasteiger partial charge < -0.3 is 4.74 Å². The second-order valence-corrected chi connectivity index (χ2v) is 5.47. The van der Waals surface area contributed by atoms with Crippen LogP contribution in [0.4, 0.5) is 4.79 Å². The third-order valence-corrected chi connectivity index (χ3v) is 2.83. The Kier molecular flexibility index (Phi) is 3.87. The van der Waals surface area contributed by atoms with Crippen LogP contribution in [0.3, 0.4) is 0 Å². The van der Waals surface area contributed by atoms with E-state index in [9.17, 15) is 9.59 Å². The van der Waals surface area contributed by atoms with Crippen LogP contribution in [0.5, 0.6) is 0 Å². The van der Waals surface area contributed by atoms with E-state index in [4.69, 9.17) is 4.74 Å². The lowest BCUT2D eigenvalue weighted by atomic mass is 10.2. The topological polar surface area (TPSA) is 59.5 Å². The maximum absolute atomic E-state index is 11.9. The third kappa shape index (κ3) is 3.52. The predicted octanol–water partition coefficient (Wildman–Crippen LogP) is 2.46. The molecule has 0 aromatic carbocycles. The van der Waals surface area contributed by atoms with Crippen molar-refractivity contribution >= 4 is 23.3 Å². The van der Waals surface area contributed by atoms with Crippen molar-refractivity contribution in [1.82, 2.24) is 9.88 Å². The van der Waals surface area contributed by atoms with Crippen molar-refractivity contribution in [3.05, 3.63) is 16.1 Å². The zero-order valence-corrected chi connectivity index (χ0v) is 11.4. The van der Waals surface area contributed by atoms with Crippen LogP contribution in [0.15, 0.2) is 5.51 Å². The monoisotopic (exact) mass is 256 g/mol. The van der Waals surface area contributed by atoms with Gasteiger partial charge in [-0.2, -0.15) is 0 Å². The van der Waals surface area contributed by atoms with E-state index in [0.717, 1.165) is 4.90 Å². The Labute approximate surface area is 104 Å². The molecule has 0 saturated heterocycles. The maximum Gasteiger partial charge on any atom is 0.417 e. The SMILES string of the molecule is Cc1ncsc1C(=O)N(C)C(=O)OC(C)(C)C. The molecule has 2 amide bonds. The average Bonchev–Trinajstić information content (AvgIpc) is 2.59. The molecule has 0 bridgehead atoms. The minimum Gasteiger partial charge on any atom is -0.443 e. The van der Waals surface area contributed by atoms with Crippen LogP contribution in [-0.4, -0.2) is 34.5 Å². The molecule has 17 heavy (non-hydrogen) atoms. The second kappa shape index (κ2) is 4.83. The number of carbonyl (C=O) groups excluding carboxylic acids is 2. The molecular formula is C11H16N2O3S. The first-order chi connectivity index (χ1) is 7.72. The zero-order valence-electron chi connectivity index (χ0n) is 10.6. The van der Waals surface area contributed by atoms with Crippen LogP contribution >= 0.6 is 11.3 Å². The van der Waals surface area contributed by atoms with Crippen molar-refractivity contribution < 1.29 is 14.3 Å². The normalized spacial score (nSPS) is 11.1. The molecule has 0 atom stereocenters. The van der Waals surface area contributed by atoms with Crippen molar-refractivity contribution in [2.75, 3.05) is 7.05 Å². The summed E-state index contributed by atoms with van der Waals surface area (Å²) in [4.78, 5) is 29.0. The molecule has 0 N–H and O–H groups in total. The number of aryl methyl sites for hydroxylation is 1. The summed E-state index contributed by atoms with van der Waals surface area (Å²) in [5.74, 6) is -0.390. The highest BCUT2D eigenvalue weighted by molar-refractivity contribution is 7.11. The molecule has 0 fully saturated rings. The van der Waals surface area contributed by atoms with E-state index in [0.29, 0.717) is 10.6 Å². The Balaban J connectivity index is 2.78. The Bertz CT molecular complexity index is 434. The van der Waals surface area contributed by atoms with Crippen LogP contribution in [-0.2, 0) is 4.74 Å². The first kappa shape index (κ1) is 13.6. The summed E-state index contributed by atoms with van der Waals surface area (Å²) in [6.07, 6.45) is -0.657. The molecule has 0 aliphatic heterocycles. The second-order valence-electron chi connectivity index (χ2n) is 4.61. The van der Waals surface area contributed by atoms with Gasteiger partial charge in [-0.05, 0) is 27.7 Å². The van der Waals surface area contributed by atoms with E-state index < -0.39 is 11.7 Å². The molecule has 0 saturated carbocycles. The van der Waals surface area contributed by atoms with Gasteiger partial charge in [0.15, 0.2) is 0 Å². The number of nitrogens with zero attached hydrogens (tertiary/aromatic N) is 2.